The molecule has 1 N–H and O–H groups in total. The topological polar surface area (TPSA) is 76.7 Å². The van der Waals surface area contributed by atoms with Crippen LogP contribution in [0, 0.1) is 0 Å². The summed E-state index contributed by atoms with van der Waals surface area (Å²) in [7, 11) is -2.86. The van der Waals surface area contributed by atoms with E-state index in [1.807, 2.05) is 30.3 Å². The molecule has 1 atom stereocenters. The molecule has 2 aliphatic rings. The minimum absolute atomic E-state index is 0.167. The lowest BCUT2D eigenvalue weighted by Crippen LogP contribution is -3.18. The van der Waals surface area contributed by atoms with E-state index >= 15 is 0 Å². The van der Waals surface area contributed by atoms with Crippen molar-refractivity contribution in [2.24, 2.45) is 0 Å². The minimum Gasteiger partial charge on any atom is -0.358 e. The summed E-state index contributed by atoms with van der Waals surface area (Å²) in [5, 5.41) is 4.46. The molecule has 0 amide bonds. The Bertz CT molecular complexity index is 985. The molecule has 0 saturated carbocycles. The fourth-order valence-corrected chi connectivity index (χ4v) is 6.03. The van der Waals surface area contributed by atoms with Gasteiger partial charge in [0.1, 0.15) is 16.8 Å². The van der Waals surface area contributed by atoms with Gasteiger partial charge in [0.2, 0.25) is 0 Å². The fraction of sp³-hybridized carbons (Fsp3) is 0.444. The molecular weight excluding hydrogens is 388 g/mol. The molecule has 2 saturated heterocycles. The molecule has 144 valence electrons. The summed E-state index contributed by atoms with van der Waals surface area (Å²) in [6.07, 6.45) is 2.38. The summed E-state index contributed by atoms with van der Waals surface area (Å²) in [5.41, 5.74) is 0.983. The van der Waals surface area contributed by atoms with Gasteiger partial charge in [-0.25, -0.2) is 8.42 Å². The van der Waals surface area contributed by atoms with Crippen LogP contribution in [0.5, 0.6) is 0 Å². The van der Waals surface area contributed by atoms with E-state index in [1.165, 1.54) is 9.58 Å². The maximum absolute atomic E-state index is 12.6. The molecule has 0 spiro atoms. The van der Waals surface area contributed by atoms with Crippen molar-refractivity contribution < 1.29 is 13.3 Å². The number of sulfone groups is 1. The van der Waals surface area contributed by atoms with Gasteiger partial charge in [-0.05, 0) is 12.1 Å². The van der Waals surface area contributed by atoms with Gasteiger partial charge in [-0.2, -0.15) is 9.78 Å². The molecule has 2 aliphatic heterocycles. The normalized spacial score (nSPS) is 22.9. The van der Waals surface area contributed by atoms with E-state index in [4.69, 9.17) is 11.6 Å². The zero-order chi connectivity index (χ0) is 19.0. The third-order valence-electron chi connectivity index (χ3n) is 5.46. The average molecular weight is 410 g/mol. The first-order valence-electron chi connectivity index (χ1n) is 9.08. The number of hydrogen-bond donors (Lipinski definition) is 1. The molecule has 27 heavy (non-hydrogen) atoms. The van der Waals surface area contributed by atoms with Crippen LogP contribution in [0.3, 0.4) is 0 Å². The SMILES string of the molecule is O=c1c(Cl)c(N2CC[NH+]([C@@H]3CCS(=O)(=O)C3)CC2)cnn1-c1ccccc1. The number of nitrogens with zero attached hydrogens (tertiary/aromatic N) is 3. The summed E-state index contributed by atoms with van der Waals surface area (Å²) in [6, 6.07) is 9.37. The van der Waals surface area contributed by atoms with E-state index in [-0.39, 0.29) is 22.4 Å². The maximum atomic E-state index is 12.6. The predicted octanol–water partition coefficient (Wildman–Crippen LogP) is -0.222. The molecule has 0 radical (unpaired) electrons. The Labute approximate surface area is 163 Å². The second-order valence-electron chi connectivity index (χ2n) is 7.14. The van der Waals surface area contributed by atoms with Crippen molar-refractivity contribution in [2.75, 3.05) is 42.6 Å². The van der Waals surface area contributed by atoms with E-state index in [0.29, 0.717) is 17.1 Å². The van der Waals surface area contributed by atoms with Crippen molar-refractivity contribution >= 4 is 27.1 Å². The maximum Gasteiger partial charge on any atom is 0.292 e. The highest BCUT2D eigenvalue weighted by molar-refractivity contribution is 7.91. The van der Waals surface area contributed by atoms with Crippen LogP contribution in [0.1, 0.15) is 6.42 Å². The standard InChI is InChI=1S/C18H21ClN4O3S/c19-17-16(12-20-23(18(17)24)14-4-2-1-3-5-14)22-9-7-21(8-10-22)15-6-11-27(25,26)13-15/h1-5,12,15H,6-11,13H2/p+1/t15-/m1/s1. The van der Waals surface area contributed by atoms with Crippen molar-refractivity contribution in [1.82, 2.24) is 9.78 Å². The molecule has 7 nitrogen and oxygen atoms in total. The van der Waals surface area contributed by atoms with E-state index in [9.17, 15) is 13.2 Å². The van der Waals surface area contributed by atoms with Crippen molar-refractivity contribution in [1.29, 1.82) is 0 Å². The summed E-state index contributed by atoms with van der Waals surface area (Å²) >= 11 is 6.38. The monoisotopic (exact) mass is 409 g/mol. The van der Waals surface area contributed by atoms with Gasteiger partial charge >= 0.3 is 0 Å². The molecular formula is C18H22ClN4O3S+. The zero-order valence-electron chi connectivity index (χ0n) is 14.8. The van der Waals surface area contributed by atoms with Gasteiger partial charge in [0.05, 0.1) is 49.5 Å². The van der Waals surface area contributed by atoms with E-state index in [2.05, 4.69) is 10.00 Å². The number of benzene rings is 1. The lowest BCUT2D eigenvalue weighted by Gasteiger charge is -2.36. The molecule has 3 heterocycles. The number of nitrogens with one attached hydrogen (secondary N) is 1. The Kier molecular flexibility index (Phi) is 4.96. The van der Waals surface area contributed by atoms with Crippen molar-refractivity contribution in [3.63, 3.8) is 0 Å². The van der Waals surface area contributed by atoms with Crippen molar-refractivity contribution in [2.45, 2.75) is 12.5 Å². The van der Waals surface area contributed by atoms with Crippen LogP contribution in [0.15, 0.2) is 41.3 Å². The van der Waals surface area contributed by atoms with Gasteiger partial charge in [-0.1, -0.05) is 29.8 Å². The molecule has 1 aromatic heterocycles. The van der Waals surface area contributed by atoms with E-state index in [0.717, 1.165) is 32.6 Å². The summed E-state index contributed by atoms with van der Waals surface area (Å²) < 4.78 is 24.7. The Balaban J connectivity index is 1.49. The lowest BCUT2D eigenvalue weighted by atomic mass is 10.2. The van der Waals surface area contributed by atoms with Crippen LogP contribution in [0.2, 0.25) is 5.02 Å². The van der Waals surface area contributed by atoms with Crippen LogP contribution in [-0.2, 0) is 9.84 Å². The third kappa shape index (κ3) is 3.74. The summed E-state index contributed by atoms with van der Waals surface area (Å²) in [4.78, 5) is 16.0. The molecule has 0 unspecified atom stereocenters. The fourth-order valence-electron chi connectivity index (χ4n) is 3.96. The van der Waals surface area contributed by atoms with Crippen molar-refractivity contribution in [3.05, 3.63) is 51.9 Å². The number of piperazine rings is 1. The van der Waals surface area contributed by atoms with Crippen LogP contribution in [0.25, 0.3) is 5.69 Å². The zero-order valence-corrected chi connectivity index (χ0v) is 16.4. The second-order valence-corrected chi connectivity index (χ2v) is 9.75. The molecule has 0 bridgehead atoms. The third-order valence-corrected chi connectivity index (χ3v) is 7.58. The van der Waals surface area contributed by atoms with Gasteiger partial charge in [-0.3, -0.25) is 4.79 Å². The Morgan fingerprint density at radius 2 is 1.85 bits per heavy atom. The van der Waals surface area contributed by atoms with Crippen molar-refractivity contribution in [3.8, 4) is 5.69 Å². The second kappa shape index (κ2) is 7.26. The number of rotatable bonds is 3. The molecule has 1 aromatic carbocycles. The predicted molar refractivity (Wildman–Crippen MR) is 105 cm³/mol. The first-order chi connectivity index (χ1) is 12.9. The minimum atomic E-state index is -2.86. The van der Waals surface area contributed by atoms with Gasteiger partial charge in [-0.15, -0.1) is 0 Å². The molecule has 4 rings (SSSR count). The van der Waals surface area contributed by atoms with Gasteiger partial charge in [0, 0.05) is 6.42 Å². The average Bonchev–Trinajstić information content (AvgIpc) is 3.05. The number of anilines is 1. The molecule has 0 aliphatic carbocycles. The van der Waals surface area contributed by atoms with Crippen LogP contribution in [0.4, 0.5) is 5.69 Å². The molecule has 2 fully saturated rings. The summed E-state index contributed by atoms with van der Waals surface area (Å²) in [6.45, 7) is 3.11. The van der Waals surface area contributed by atoms with Crippen LogP contribution in [-0.4, -0.2) is 61.9 Å². The quantitative estimate of drug-likeness (QED) is 0.758. The highest BCUT2D eigenvalue weighted by atomic mass is 35.5. The smallest absolute Gasteiger partial charge is 0.292 e. The Morgan fingerprint density at radius 1 is 1.15 bits per heavy atom. The van der Waals surface area contributed by atoms with Gasteiger partial charge < -0.3 is 9.80 Å². The van der Waals surface area contributed by atoms with Gasteiger partial charge in [0.15, 0.2) is 9.84 Å². The Hall–Kier alpha value is -1.90. The van der Waals surface area contributed by atoms with Gasteiger partial charge in [0.25, 0.3) is 5.56 Å². The van der Waals surface area contributed by atoms with E-state index in [1.54, 1.807) is 6.20 Å². The number of halogens is 1. The first kappa shape index (κ1) is 18.5. The largest absolute Gasteiger partial charge is 0.358 e. The lowest BCUT2D eigenvalue weighted by molar-refractivity contribution is -0.922. The number of hydrogen-bond acceptors (Lipinski definition) is 5. The summed E-state index contributed by atoms with van der Waals surface area (Å²) in [5.74, 6) is 0.593. The number of para-hydroxylation sites is 1. The highest BCUT2D eigenvalue weighted by Gasteiger charge is 2.37. The first-order valence-corrected chi connectivity index (χ1v) is 11.3. The number of quaternary nitrogens is 1. The number of aromatic nitrogens is 2. The van der Waals surface area contributed by atoms with Crippen LogP contribution >= 0.6 is 11.6 Å². The Morgan fingerprint density at radius 3 is 2.48 bits per heavy atom. The molecule has 2 aromatic rings. The van der Waals surface area contributed by atoms with E-state index < -0.39 is 9.84 Å². The van der Waals surface area contributed by atoms with Crippen LogP contribution < -0.4 is 15.4 Å². The highest BCUT2D eigenvalue weighted by Crippen LogP contribution is 2.22. The molecule has 9 heteroatoms.